The van der Waals surface area contributed by atoms with E-state index in [-0.39, 0.29) is 23.5 Å². The van der Waals surface area contributed by atoms with Crippen LogP contribution in [0.5, 0.6) is 11.5 Å². The second-order valence-corrected chi connectivity index (χ2v) is 8.06. The maximum atomic E-state index is 12.3. The summed E-state index contributed by atoms with van der Waals surface area (Å²) in [6.07, 6.45) is 0.699. The molecule has 2 aromatic carbocycles. The molecule has 0 bridgehead atoms. The van der Waals surface area contributed by atoms with E-state index in [4.69, 9.17) is 9.47 Å². The maximum Gasteiger partial charge on any atom is 0.264 e. The zero-order valence-electron chi connectivity index (χ0n) is 16.5. The Morgan fingerprint density at radius 2 is 1.64 bits per heavy atom. The second-order valence-electron chi connectivity index (χ2n) is 6.34. The highest BCUT2D eigenvalue weighted by Crippen LogP contribution is 2.19. The molecule has 2 rings (SSSR count). The molecule has 0 aliphatic heterocycles. The lowest BCUT2D eigenvalue weighted by Crippen LogP contribution is -2.32. The minimum Gasteiger partial charge on any atom is -0.497 e. The van der Waals surface area contributed by atoms with E-state index >= 15 is 0 Å². The lowest BCUT2D eigenvalue weighted by Gasteiger charge is -2.18. The van der Waals surface area contributed by atoms with Crippen molar-refractivity contribution < 1.29 is 22.7 Å². The molecule has 1 amide bonds. The number of carbonyl (C=O) groups excluding carboxylic acids is 1. The molecule has 0 unspecified atom stereocenters. The van der Waals surface area contributed by atoms with Gasteiger partial charge in [-0.1, -0.05) is 6.92 Å². The summed E-state index contributed by atoms with van der Waals surface area (Å²) in [6, 6.07) is 12.9. The number of likely N-dealkylation sites (N-methyl/N-ethyl adjacent to an activating group) is 1. The van der Waals surface area contributed by atoms with Crippen molar-refractivity contribution in [3.63, 3.8) is 0 Å². The van der Waals surface area contributed by atoms with Crippen LogP contribution in [0.25, 0.3) is 0 Å². The molecular weight excluding hydrogens is 380 g/mol. The van der Waals surface area contributed by atoms with Crippen molar-refractivity contribution in [2.45, 2.75) is 31.2 Å². The van der Waals surface area contributed by atoms with Crippen molar-refractivity contribution in [3.8, 4) is 11.5 Å². The number of nitrogens with one attached hydrogen (secondary N) is 1. The van der Waals surface area contributed by atoms with Gasteiger partial charge in [-0.2, -0.15) is 0 Å². The summed E-state index contributed by atoms with van der Waals surface area (Å²) < 4.78 is 37.7. The summed E-state index contributed by atoms with van der Waals surface area (Å²) in [5, 5.41) is 0. The molecule has 0 saturated carbocycles. The van der Waals surface area contributed by atoms with Gasteiger partial charge >= 0.3 is 0 Å². The van der Waals surface area contributed by atoms with Crippen LogP contribution in [0, 0.1) is 0 Å². The number of benzene rings is 2. The molecule has 0 fully saturated rings. The quantitative estimate of drug-likeness (QED) is 0.692. The molecule has 2 aromatic rings. The van der Waals surface area contributed by atoms with Gasteiger partial charge in [0, 0.05) is 18.8 Å². The summed E-state index contributed by atoms with van der Waals surface area (Å²) in [4.78, 5) is 14.0. The van der Waals surface area contributed by atoms with E-state index in [2.05, 4.69) is 4.72 Å². The third kappa shape index (κ3) is 5.71. The molecule has 1 N–H and O–H groups in total. The number of hydrogen-bond donors (Lipinski definition) is 1. The van der Waals surface area contributed by atoms with E-state index in [1.165, 1.54) is 29.2 Å². The molecule has 8 heteroatoms. The van der Waals surface area contributed by atoms with E-state index in [9.17, 15) is 13.2 Å². The standard InChI is InChI=1S/C20H26N2O5S/c1-5-15(2)21-28(24,25)19-12-10-18(11-13-19)27-14-20(23)22(3)16-6-8-17(26-4)9-7-16/h6-13,15,21H,5,14H2,1-4H3/t15-/m1/s1. The minimum absolute atomic E-state index is 0.146. The number of carbonyl (C=O) groups is 1. The number of ether oxygens (including phenoxy) is 2. The lowest BCUT2D eigenvalue weighted by molar-refractivity contribution is -0.120. The van der Waals surface area contributed by atoms with Crippen molar-refractivity contribution in [1.29, 1.82) is 0 Å². The molecule has 152 valence electrons. The van der Waals surface area contributed by atoms with Gasteiger partial charge in [-0.05, 0) is 61.9 Å². The Morgan fingerprint density at radius 1 is 1.07 bits per heavy atom. The van der Waals surface area contributed by atoms with Crippen molar-refractivity contribution in [1.82, 2.24) is 4.72 Å². The van der Waals surface area contributed by atoms with E-state index in [1.54, 1.807) is 45.3 Å². The zero-order chi connectivity index (χ0) is 20.7. The molecule has 0 radical (unpaired) electrons. The highest BCUT2D eigenvalue weighted by Gasteiger charge is 2.17. The first kappa shape index (κ1) is 21.7. The Kier molecular flexibility index (Phi) is 7.42. The van der Waals surface area contributed by atoms with Crippen LogP contribution in [-0.4, -0.2) is 41.1 Å². The van der Waals surface area contributed by atoms with Crippen LogP contribution in [0.3, 0.4) is 0 Å². The highest BCUT2D eigenvalue weighted by atomic mass is 32.2. The van der Waals surface area contributed by atoms with Gasteiger partial charge in [0.05, 0.1) is 12.0 Å². The molecule has 0 heterocycles. The molecule has 0 aliphatic carbocycles. The molecule has 0 saturated heterocycles. The Balaban J connectivity index is 1.95. The Labute approximate surface area is 166 Å². The molecule has 7 nitrogen and oxygen atoms in total. The van der Waals surface area contributed by atoms with Crippen molar-refractivity contribution >= 4 is 21.6 Å². The first-order valence-electron chi connectivity index (χ1n) is 8.92. The molecule has 28 heavy (non-hydrogen) atoms. The van der Waals surface area contributed by atoms with Crippen LogP contribution in [0.1, 0.15) is 20.3 Å². The van der Waals surface area contributed by atoms with Gasteiger partial charge < -0.3 is 14.4 Å². The van der Waals surface area contributed by atoms with Crippen LogP contribution >= 0.6 is 0 Å². The zero-order valence-corrected chi connectivity index (χ0v) is 17.3. The monoisotopic (exact) mass is 406 g/mol. The number of nitrogens with zero attached hydrogens (tertiary/aromatic N) is 1. The topological polar surface area (TPSA) is 84.9 Å². The first-order chi connectivity index (χ1) is 13.3. The van der Waals surface area contributed by atoms with Gasteiger partial charge in [0.1, 0.15) is 11.5 Å². The van der Waals surface area contributed by atoms with Gasteiger partial charge in [-0.25, -0.2) is 13.1 Å². The van der Waals surface area contributed by atoms with Crippen molar-refractivity contribution in [2.75, 3.05) is 25.7 Å². The molecule has 0 aliphatic rings. The number of hydrogen-bond acceptors (Lipinski definition) is 5. The average molecular weight is 407 g/mol. The van der Waals surface area contributed by atoms with Gasteiger partial charge in [-0.15, -0.1) is 0 Å². The van der Waals surface area contributed by atoms with Crippen molar-refractivity contribution in [2.24, 2.45) is 0 Å². The predicted octanol–water partition coefficient (Wildman–Crippen LogP) is 2.81. The molecule has 0 aromatic heterocycles. The maximum absolute atomic E-state index is 12.3. The first-order valence-corrected chi connectivity index (χ1v) is 10.4. The second kappa shape index (κ2) is 9.57. The summed E-state index contributed by atoms with van der Waals surface area (Å²) in [6.45, 7) is 3.55. The average Bonchev–Trinajstić information content (AvgIpc) is 2.71. The van der Waals surface area contributed by atoms with Gasteiger partial charge in [0.15, 0.2) is 6.61 Å². The highest BCUT2D eigenvalue weighted by molar-refractivity contribution is 7.89. The largest absolute Gasteiger partial charge is 0.497 e. The molecule has 1 atom stereocenters. The number of sulfonamides is 1. The third-order valence-electron chi connectivity index (χ3n) is 4.30. The predicted molar refractivity (Wildman–Crippen MR) is 108 cm³/mol. The Hall–Kier alpha value is -2.58. The normalized spacial score (nSPS) is 12.3. The minimum atomic E-state index is -3.57. The summed E-state index contributed by atoms with van der Waals surface area (Å²) in [5.74, 6) is 0.887. The third-order valence-corrected chi connectivity index (χ3v) is 5.90. The van der Waals surface area contributed by atoms with E-state index in [0.717, 1.165) is 0 Å². The number of rotatable bonds is 9. The summed E-state index contributed by atoms with van der Waals surface area (Å²) in [7, 11) is -0.331. The lowest BCUT2D eigenvalue weighted by atomic mass is 10.3. The van der Waals surface area contributed by atoms with Gasteiger partial charge in [0.25, 0.3) is 5.91 Å². The van der Waals surface area contributed by atoms with E-state index < -0.39 is 10.0 Å². The molecular formula is C20H26N2O5S. The molecule has 0 spiro atoms. The van der Waals surface area contributed by atoms with E-state index in [1.807, 2.05) is 6.92 Å². The number of methoxy groups -OCH3 is 1. The van der Waals surface area contributed by atoms with Crippen LogP contribution in [-0.2, 0) is 14.8 Å². The number of anilines is 1. The van der Waals surface area contributed by atoms with Gasteiger partial charge in [-0.3, -0.25) is 4.79 Å². The fourth-order valence-electron chi connectivity index (χ4n) is 2.32. The Bertz CT molecular complexity index is 880. The fourth-order valence-corrected chi connectivity index (χ4v) is 3.65. The van der Waals surface area contributed by atoms with E-state index in [0.29, 0.717) is 23.6 Å². The van der Waals surface area contributed by atoms with Crippen LogP contribution in [0.2, 0.25) is 0 Å². The SMILES string of the molecule is CC[C@@H](C)NS(=O)(=O)c1ccc(OCC(=O)N(C)c2ccc(OC)cc2)cc1. The van der Waals surface area contributed by atoms with Gasteiger partial charge in [0.2, 0.25) is 10.0 Å². The summed E-state index contributed by atoms with van der Waals surface area (Å²) >= 11 is 0. The fraction of sp³-hybridized carbons (Fsp3) is 0.350. The van der Waals surface area contributed by atoms with Crippen molar-refractivity contribution in [3.05, 3.63) is 48.5 Å². The van der Waals surface area contributed by atoms with Crippen LogP contribution in [0.15, 0.2) is 53.4 Å². The Morgan fingerprint density at radius 3 is 2.18 bits per heavy atom. The van der Waals surface area contributed by atoms with Crippen LogP contribution in [0.4, 0.5) is 5.69 Å². The summed E-state index contributed by atoms with van der Waals surface area (Å²) in [5.41, 5.74) is 0.715. The number of amides is 1. The smallest absolute Gasteiger partial charge is 0.264 e. The van der Waals surface area contributed by atoms with Crippen LogP contribution < -0.4 is 19.1 Å².